The fourth-order valence-electron chi connectivity index (χ4n) is 1.88. The van der Waals surface area contributed by atoms with Crippen LogP contribution < -0.4 is 5.32 Å². The number of aryl methyl sites for hydroxylation is 1. The standard InChI is InChI=1S/C14H15Cl2N3O3/c1-8-18-14(22-19-8)2-3-17-13(21)7-12(20)9-4-10(15)6-11(16)5-9/h4-6,12,20H,2-3,7H2,1H3,(H,17,21). The Kier molecular flexibility index (Phi) is 5.76. The summed E-state index contributed by atoms with van der Waals surface area (Å²) in [6, 6.07) is 4.71. The first-order valence-electron chi connectivity index (χ1n) is 6.64. The summed E-state index contributed by atoms with van der Waals surface area (Å²) in [7, 11) is 0. The molecule has 2 aromatic rings. The van der Waals surface area contributed by atoms with Crippen LogP contribution in [0.2, 0.25) is 10.0 Å². The van der Waals surface area contributed by atoms with E-state index in [1.54, 1.807) is 25.1 Å². The molecule has 2 rings (SSSR count). The lowest BCUT2D eigenvalue weighted by Gasteiger charge is -2.12. The molecule has 1 aromatic heterocycles. The van der Waals surface area contributed by atoms with Crippen LogP contribution in [-0.4, -0.2) is 27.7 Å². The molecule has 0 bridgehead atoms. The number of aromatic nitrogens is 2. The average molecular weight is 344 g/mol. The van der Waals surface area contributed by atoms with Gasteiger partial charge in [0.1, 0.15) is 0 Å². The quantitative estimate of drug-likeness (QED) is 0.840. The van der Waals surface area contributed by atoms with Crippen LogP contribution >= 0.6 is 23.2 Å². The predicted molar refractivity (Wildman–Crippen MR) is 81.8 cm³/mol. The van der Waals surface area contributed by atoms with Gasteiger partial charge in [-0.05, 0) is 30.7 Å². The molecule has 0 fully saturated rings. The highest BCUT2D eigenvalue weighted by molar-refractivity contribution is 6.34. The van der Waals surface area contributed by atoms with E-state index in [1.807, 2.05) is 0 Å². The van der Waals surface area contributed by atoms with Gasteiger partial charge in [0.05, 0.1) is 12.5 Å². The summed E-state index contributed by atoms with van der Waals surface area (Å²) in [5.74, 6) is 0.717. The first-order valence-corrected chi connectivity index (χ1v) is 7.39. The van der Waals surface area contributed by atoms with Gasteiger partial charge >= 0.3 is 0 Å². The van der Waals surface area contributed by atoms with Gasteiger partial charge in [0.25, 0.3) is 0 Å². The average Bonchev–Trinajstić information content (AvgIpc) is 2.83. The maximum atomic E-state index is 11.8. The highest BCUT2D eigenvalue weighted by Crippen LogP contribution is 2.25. The normalized spacial score (nSPS) is 12.2. The molecule has 0 aliphatic heterocycles. The summed E-state index contributed by atoms with van der Waals surface area (Å²) >= 11 is 11.7. The molecule has 0 spiro atoms. The van der Waals surface area contributed by atoms with E-state index in [9.17, 15) is 9.90 Å². The number of benzene rings is 1. The zero-order valence-corrected chi connectivity index (χ0v) is 13.4. The number of hydrogen-bond acceptors (Lipinski definition) is 5. The van der Waals surface area contributed by atoms with E-state index in [1.165, 1.54) is 0 Å². The topological polar surface area (TPSA) is 88.2 Å². The zero-order chi connectivity index (χ0) is 16.1. The summed E-state index contributed by atoms with van der Waals surface area (Å²) < 4.78 is 4.93. The summed E-state index contributed by atoms with van der Waals surface area (Å²) in [4.78, 5) is 15.8. The Bertz CT molecular complexity index is 640. The van der Waals surface area contributed by atoms with Gasteiger partial charge in [-0.15, -0.1) is 0 Å². The summed E-state index contributed by atoms with van der Waals surface area (Å²) in [6.07, 6.45) is -0.618. The van der Waals surface area contributed by atoms with Crippen LogP contribution in [0.15, 0.2) is 22.7 Å². The molecule has 0 saturated heterocycles. The second kappa shape index (κ2) is 7.58. The molecule has 1 atom stereocenters. The van der Waals surface area contributed by atoms with Gasteiger partial charge in [0.15, 0.2) is 5.82 Å². The molecule has 118 valence electrons. The third-order valence-electron chi connectivity index (χ3n) is 2.88. The maximum Gasteiger partial charge on any atom is 0.228 e. The lowest BCUT2D eigenvalue weighted by Crippen LogP contribution is -2.27. The number of hydrogen-bond donors (Lipinski definition) is 2. The Morgan fingerprint density at radius 3 is 2.64 bits per heavy atom. The van der Waals surface area contributed by atoms with Crippen molar-refractivity contribution in [2.24, 2.45) is 0 Å². The Hall–Kier alpha value is -1.63. The largest absolute Gasteiger partial charge is 0.388 e. The number of aliphatic hydroxyl groups is 1. The second-order valence-electron chi connectivity index (χ2n) is 4.76. The molecule has 1 amide bonds. The van der Waals surface area contributed by atoms with Gasteiger partial charge in [0, 0.05) is 23.0 Å². The molecule has 1 unspecified atom stereocenters. The SMILES string of the molecule is Cc1noc(CCNC(=O)CC(O)c2cc(Cl)cc(Cl)c2)n1. The Morgan fingerprint density at radius 1 is 1.36 bits per heavy atom. The van der Waals surface area contributed by atoms with E-state index < -0.39 is 6.10 Å². The highest BCUT2D eigenvalue weighted by Gasteiger charge is 2.14. The number of nitrogens with zero attached hydrogens (tertiary/aromatic N) is 2. The molecule has 6 nitrogen and oxygen atoms in total. The van der Waals surface area contributed by atoms with Crippen LogP contribution in [0.3, 0.4) is 0 Å². The van der Waals surface area contributed by atoms with Crippen LogP contribution in [0.25, 0.3) is 0 Å². The van der Waals surface area contributed by atoms with E-state index in [0.29, 0.717) is 40.3 Å². The van der Waals surface area contributed by atoms with Crippen molar-refractivity contribution >= 4 is 29.1 Å². The number of halogens is 2. The molecule has 0 radical (unpaired) electrons. The molecule has 8 heteroatoms. The van der Waals surface area contributed by atoms with Crippen molar-refractivity contribution in [2.45, 2.75) is 25.9 Å². The fourth-order valence-corrected chi connectivity index (χ4v) is 2.43. The van der Waals surface area contributed by atoms with Gasteiger partial charge in [-0.3, -0.25) is 4.79 Å². The monoisotopic (exact) mass is 343 g/mol. The van der Waals surface area contributed by atoms with Crippen molar-refractivity contribution in [1.29, 1.82) is 0 Å². The van der Waals surface area contributed by atoms with Crippen LogP contribution in [0.1, 0.15) is 29.8 Å². The smallest absolute Gasteiger partial charge is 0.228 e. The van der Waals surface area contributed by atoms with E-state index >= 15 is 0 Å². The summed E-state index contributed by atoms with van der Waals surface area (Å²) in [6.45, 7) is 2.07. The number of carbonyl (C=O) groups excluding carboxylic acids is 1. The van der Waals surface area contributed by atoms with E-state index in [2.05, 4.69) is 15.5 Å². The van der Waals surface area contributed by atoms with Gasteiger partial charge in [-0.1, -0.05) is 28.4 Å². The van der Waals surface area contributed by atoms with E-state index in [4.69, 9.17) is 27.7 Å². The van der Waals surface area contributed by atoms with Gasteiger partial charge in [0.2, 0.25) is 11.8 Å². The number of carbonyl (C=O) groups is 1. The fraction of sp³-hybridized carbons (Fsp3) is 0.357. The molecule has 0 saturated carbocycles. The van der Waals surface area contributed by atoms with Gasteiger partial charge in [-0.2, -0.15) is 4.98 Å². The molecule has 0 aliphatic rings. The van der Waals surface area contributed by atoms with Gasteiger partial charge in [-0.25, -0.2) is 0 Å². The van der Waals surface area contributed by atoms with Crippen molar-refractivity contribution in [3.8, 4) is 0 Å². The molecule has 0 aliphatic carbocycles. The van der Waals surface area contributed by atoms with Gasteiger partial charge < -0.3 is 14.9 Å². The highest BCUT2D eigenvalue weighted by atomic mass is 35.5. The minimum atomic E-state index is -0.971. The first kappa shape index (κ1) is 16.7. The van der Waals surface area contributed by atoms with E-state index in [0.717, 1.165) is 0 Å². The lowest BCUT2D eigenvalue weighted by molar-refractivity contribution is -0.123. The van der Waals surface area contributed by atoms with Crippen molar-refractivity contribution in [2.75, 3.05) is 6.54 Å². The second-order valence-corrected chi connectivity index (χ2v) is 5.63. The first-order chi connectivity index (χ1) is 10.4. The Balaban J connectivity index is 1.80. The van der Waals surface area contributed by atoms with Crippen molar-refractivity contribution in [3.05, 3.63) is 45.5 Å². The molecule has 1 heterocycles. The zero-order valence-electron chi connectivity index (χ0n) is 11.8. The van der Waals surface area contributed by atoms with Crippen molar-refractivity contribution in [1.82, 2.24) is 15.5 Å². The van der Waals surface area contributed by atoms with Crippen molar-refractivity contribution in [3.63, 3.8) is 0 Å². The lowest BCUT2D eigenvalue weighted by atomic mass is 10.1. The third-order valence-corrected chi connectivity index (χ3v) is 3.32. The van der Waals surface area contributed by atoms with Crippen LogP contribution in [0.4, 0.5) is 0 Å². The number of amides is 1. The predicted octanol–water partition coefficient (Wildman–Crippen LogP) is 2.47. The third kappa shape index (κ3) is 4.98. The molecular formula is C14H15Cl2N3O3. The number of rotatable bonds is 6. The molecule has 22 heavy (non-hydrogen) atoms. The summed E-state index contributed by atoms with van der Waals surface area (Å²) in [5.41, 5.74) is 0.500. The van der Waals surface area contributed by atoms with Crippen LogP contribution in [0.5, 0.6) is 0 Å². The number of aliphatic hydroxyl groups excluding tert-OH is 1. The van der Waals surface area contributed by atoms with E-state index in [-0.39, 0.29) is 12.3 Å². The van der Waals surface area contributed by atoms with Crippen LogP contribution in [-0.2, 0) is 11.2 Å². The minimum absolute atomic E-state index is 0.0838. The molecular weight excluding hydrogens is 329 g/mol. The molecule has 1 aromatic carbocycles. The molecule has 2 N–H and O–H groups in total. The Morgan fingerprint density at radius 2 is 2.05 bits per heavy atom. The Labute approximate surface area is 137 Å². The van der Waals surface area contributed by atoms with Crippen molar-refractivity contribution < 1.29 is 14.4 Å². The van der Waals surface area contributed by atoms with Crippen LogP contribution in [0, 0.1) is 6.92 Å². The number of nitrogens with one attached hydrogen (secondary N) is 1. The maximum absolute atomic E-state index is 11.8. The minimum Gasteiger partial charge on any atom is -0.388 e. The summed E-state index contributed by atoms with van der Waals surface area (Å²) in [5, 5.41) is 17.2.